The highest BCUT2D eigenvalue weighted by atomic mass is 16.5. The van der Waals surface area contributed by atoms with Crippen molar-refractivity contribution in [1.82, 2.24) is 15.1 Å². The minimum absolute atomic E-state index is 0.134. The van der Waals surface area contributed by atoms with Crippen molar-refractivity contribution in [3.8, 4) is 5.75 Å². The number of amides is 2. The van der Waals surface area contributed by atoms with E-state index in [1.54, 1.807) is 25.2 Å². The zero-order valence-corrected chi connectivity index (χ0v) is 20.9. The van der Waals surface area contributed by atoms with Gasteiger partial charge in [0.1, 0.15) is 11.9 Å². The number of benzene rings is 3. The summed E-state index contributed by atoms with van der Waals surface area (Å²) in [5.74, 6) is 0.464. The Labute approximate surface area is 211 Å². The number of carbonyl (C=O) groups is 2. The second-order valence-electron chi connectivity index (χ2n) is 8.63. The second-order valence-corrected chi connectivity index (χ2v) is 8.63. The molecule has 0 aliphatic heterocycles. The maximum atomic E-state index is 13.0. The van der Waals surface area contributed by atoms with Crippen LogP contribution in [0.1, 0.15) is 56.3 Å². The summed E-state index contributed by atoms with van der Waals surface area (Å²) in [5.41, 5.74) is 5.33. The first kappa shape index (κ1) is 24.7. The fourth-order valence-electron chi connectivity index (χ4n) is 4.02. The molecule has 2 amide bonds. The Morgan fingerprint density at radius 3 is 2.33 bits per heavy atom. The van der Waals surface area contributed by atoms with Crippen LogP contribution in [0.4, 0.5) is 5.69 Å². The van der Waals surface area contributed by atoms with Gasteiger partial charge in [-0.2, -0.15) is 5.10 Å². The van der Waals surface area contributed by atoms with Crippen molar-refractivity contribution < 1.29 is 14.3 Å². The Kier molecular flexibility index (Phi) is 7.49. The summed E-state index contributed by atoms with van der Waals surface area (Å²) in [4.78, 5) is 24.9. The summed E-state index contributed by atoms with van der Waals surface area (Å²) < 4.78 is 7.81. The van der Waals surface area contributed by atoms with Gasteiger partial charge in [0, 0.05) is 18.2 Å². The van der Waals surface area contributed by atoms with E-state index in [0.29, 0.717) is 23.4 Å². The van der Waals surface area contributed by atoms with Crippen LogP contribution in [0, 0.1) is 13.8 Å². The zero-order chi connectivity index (χ0) is 25.7. The largest absolute Gasteiger partial charge is 0.486 e. The molecule has 1 aromatic heterocycles. The van der Waals surface area contributed by atoms with Crippen molar-refractivity contribution in [1.29, 1.82) is 0 Å². The molecule has 0 bridgehead atoms. The van der Waals surface area contributed by atoms with Gasteiger partial charge in [-0.05, 0) is 68.3 Å². The molecule has 1 unspecified atom stereocenters. The van der Waals surface area contributed by atoms with Crippen molar-refractivity contribution in [2.24, 2.45) is 0 Å². The van der Waals surface area contributed by atoms with Gasteiger partial charge in [0.2, 0.25) is 0 Å². The molecule has 0 radical (unpaired) electrons. The minimum atomic E-state index is -0.203. The first-order valence-electron chi connectivity index (χ1n) is 11.8. The standard InChI is InChI=1S/C29H30N4O3/c1-19-27(20(2)33(32-19)18-22-9-8-10-25(17-22)28(34)30-4)31-29(35)24-15-13-23(14-16-24)21(3)36-26-11-6-5-7-12-26/h5-17,21H,18H2,1-4H3,(H,30,34)(H,31,35). The fourth-order valence-corrected chi connectivity index (χ4v) is 4.02. The van der Waals surface area contributed by atoms with E-state index in [2.05, 4.69) is 15.7 Å². The first-order valence-corrected chi connectivity index (χ1v) is 11.8. The summed E-state index contributed by atoms with van der Waals surface area (Å²) in [6, 6.07) is 24.5. The summed E-state index contributed by atoms with van der Waals surface area (Å²) in [5, 5.41) is 10.3. The molecule has 3 aromatic carbocycles. The zero-order valence-electron chi connectivity index (χ0n) is 20.9. The Morgan fingerprint density at radius 2 is 1.64 bits per heavy atom. The van der Waals surface area contributed by atoms with E-state index in [9.17, 15) is 9.59 Å². The van der Waals surface area contributed by atoms with E-state index in [4.69, 9.17) is 4.74 Å². The van der Waals surface area contributed by atoms with E-state index in [0.717, 1.165) is 28.3 Å². The number of nitrogens with zero attached hydrogens (tertiary/aromatic N) is 2. The third-order valence-electron chi connectivity index (χ3n) is 6.07. The number of nitrogens with one attached hydrogen (secondary N) is 2. The van der Waals surface area contributed by atoms with Gasteiger partial charge in [-0.15, -0.1) is 0 Å². The lowest BCUT2D eigenvalue weighted by atomic mass is 10.1. The predicted octanol–water partition coefficient (Wildman–Crippen LogP) is 5.30. The van der Waals surface area contributed by atoms with Crippen LogP contribution >= 0.6 is 0 Å². The van der Waals surface area contributed by atoms with Crippen LogP contribution in [0.5, 0.6) is 5.75 Å². The predicted molar refractivity (Wildman–Crippen MR) is 141 cm³/mol. The molecule has 0 saturated carbocycles. The lowest BCUT2D eigenvalue weighted by molar-refractivity contribution is 0.0962. The van der Waals surface area contributed by atoms with Crippen LogP contribution in [0.25, 0.3) is 0 Å². The average molecular weight is 483 g/mol. The third kappa shape index (κ3) is 5.63. The van der Waals surface area contributed by atoms with Crippen molar-refractivity contribution in [3.63, 3.8) is 0 Å². The van der Waals surface area contributed by atoms with Gasteiger partial charge in [-0.25, -0.2) is 0 Å². The highest BCUT2D eigenvalue weighted by Gasteiger charge is 2.17. The summed E-state index contributed by atoms with van der Waals surface area (Å²) in [7, 11) is 1.61. The Hall–Kier alpha value is -4.39. The van der Waals surface area contributed by atoms with Crippen molar-refractivity contribution in [2.45, 2.75) is 33.4 Å². The third-order valence-corrected chi connectivity index (χ3v) is 6.07. The van der Waals surface area contributed by atoms with Crippen LogP contribution in [-0.2, 0) is 6.54 Å². The molecule has 1 atom stereocenters. The first-order chi connectivity index (χ1) is 17.4. The van der Waals surface area contributed by atoms with E-state index < -0.39 is 0 Å². The maximum Gasteiger partial charge on any atom is 0.255 e. The van der Waals surface area contributed by atoms with Crippen molar-refractivity contribution in [2.75, 3.05) is 12.4 Å². The summed E-state index contributed by atoms with van der Waals surface area (Å²) in [6.45, 7) is 6.25. The molecule has 0 aliphatic rings. The fraction of sp³-hybridized carbons (Fsp3) is 0.207. The molecule has 184 valence electrons. The van der Waals surface area contributed by atoms with E-state index in [1.807, 2.05) is 86.1 Å². The number of ether oxygens (including phenoxy) is 1. The molecule has 36 heavy (non-hydrogen) atoms. The Morgan fingerprint density at radius 1 is 0.917 bits per heavy atom. The number of hydrogen-bond donors (Lipinski definition) is 2. The molecule has 7 nitrogen and oxygen atoms in total. The SMILES string of the molecule is CNC(=O)c1cccc(Cn2nc(C)c(NC(=O)c3ccc(C(C)Oc4ccccc4)cc3)c2C)c1. The van der Waals surface area contributed by atoms with Gasteiger partial charge in [-0.1, -0.05) is 42.5 Å². The van der Waals surface area contributed by atoms with Gasteiger partial charge in [0.05, 0.1) is 23.6 Å². The highest BCUT2D eigenvalue weighted by molar-refractivity contribution is 6.04. The van der Waals surface area contributed by atoms with Crippen LogP contribution in [0.15, 0.2) is 78.9 Å². The molecule has 0 saturated heterocycles. The molecular formula is C29H30N4O3. The molecule has 7 heteroatoms. The molecule has 1 heterocycles. The maximum absolute atomic E-state index is 13.0. The summed E-state index contributed by atoms with van der Waals surface area (Å²) in [6.07, 6.45) is -0.144. The number of carbonyl (C=O) groups excluding carboxylic acids is 2. The van der Waals surface area contributed by atoms with Gasteiger partial charge in [0.25, 0.3) is 11.8 Å². The van der Waals surface area contributed by atoms with Gasteiger partial charge in [-0.3, -0.25) is 14.3 Å². The average Bonchev–Trinajstić information content (AvgIpc) is 3.16. The van der Waals surface area contributed by atoms with Gasteiger partial charge < -0.3 is 15.4 Å². The van der Waals surface area contributed by atoms with Crippen molar-refractivity contribution in [3.05, 3.63) is 113 Å². The summed E-state index contributed by atoms with van der Waals surface area (Å²) >= 11 is 0. The van der Waals surface area contributed by atoms with E-state index >= 15 is 0 Å². The van der Waals surface area contributed by atoms with Crippen molar-refractivity contribution >= 4 is 17.5 Å². The number of aromatic nitrogens is 2. The minimum Gasteiger partial charge on any atom is -0.486 e. The van der Waals surface area contributed by atoms with Crippen LogP contribution in [-0.4, -0.2) is 28.6 Å². The molecule has 0 aliphatic carbocycles. The smallest absolute Gasteiger partial charge is 0.255 e. The molecule has 4 aromatic rings. The second kappa shape index (κ2) is 10.9. The quantitative estimate of drug-likeness (QED) is 0.357. The number of rotatable bonds is 8. The monoisotopic (exact) mass is 482 g/mol. The van der Waals surface area contributed by atoms with Gasteiger partial charge >= 0.3 is 0 Å². The normalized spacial score (nSPS) is 11.6. The Balaban J connectivity index is 1.44. The van der Waals surface area contributed by atoms with Gasteiger partial charge in [0.15, 0.2) is 0 Å². The molecule has 4 rings (SSSR count). The van der Waals surface area contributed by atoms with E-state index in [1.165, 1.54) is 0 Å². The molecule has 2 N–H and O–H groups in total. The lowest BCUT2D eigenvalue weighted by Crippen LogP contribution is -2.18. The molecule has 0 spiro atoms. The van der Waals surface area contributed by atoms with E-state index in [-0.39, 0.29) is 17.9 Å². The van der Waals surface area contributed by atoms with Crippen LogP contribution < -0.4 is 15.4 Å². The van der Waals surface area contributed by atoms with Crippen LogP contribution in [0.3, 0.4) is 0 Å². The number of anilines is 1. The number of hydrogen-bond acceptors (Lipinski definition) is 4. The Bertz CT molecular complexity index is 1360. The lowest BCUT2D eigenvalue weighted by Gasteiger charge is -2.15. The number of aryl methyl sites for hydroxylation is 1. The molecular weight excluding hydrogens is 452 g/mol. The highest BCUT2D eigenvalue weighted by Crippen LogP contribution is 2.24. The molecule has 0 fully saturated rings. The number of para-hydroxylation sites is 1. The van der Waals surface area contributed by atoms with Crippen LogP contribution in [0.2, 0.25) is 0 Å². The topological polar surface area (TPSA) is 85.3 Å².